The standard InChI is InChI=1S/C11H10BrN3O4/c12-9-7(1-2-19-9)10(16)15-8(11(17)18)3-6-4-13-5-14-6/h1-2,4-5,8H,3H2,(H,13,14)(H,15,16)(H,17,18)/t8-/m0/s1. The Hall–Kier alpha value is -2.09. The number of aromatic amines is 1. The molecule has 0 bridgehead atoms. The first-order valence-electron chi connectivity index (χ1n) is 5.32. The second-order valence-corrected chi connectivity index (χ2v) is 4.47. The van der Waals surface area contributed by atoms with Crippen LogP contribution in [0.25, 0.3) is 0 Å². The van der Waals surface area contributed by atoms with E-state index in [1.807, 2.05) is 0 Å². The number of hydrogen-bond acceptors (Lipinski definition) is 4. The zero-order valence-electron chi connectivity index (χ0n) is 9.59. The number of hydrogen-bond donors (Lipinski definition) is 3. The van der Waals surface area contributed by atoms with Crippen LogP contribution in [0.15, 0.2) is 33.9 Å². The summed E-state index contributed by atoms with van der Waals surface area (Å²) in [4.78, 5) is 29.6. The van der Waals surface area contributed by atoms with Crippen LogP contribution < -0.4 is 5.32 Å². The smallest absolute Gasteiger partial charge is 0.326 e. The van der Waals surface area contributed by atoms with Crippen molar-refractivity contribution in [2.75, 3.05) is 0 Å². The highest BCUT2D eigenvalue weighted by atomic mass is 79.9. The lowest BCUT2D eigenvalue weighted by molar-refractivity contribution is -0.139. The number of nitrogens with one attached hydrogen (secondary N) is 2. The highest BCUT2D eigenvalue weighted by Crippen LogP contribution is 2.17. The monoisotopic (exact) mass is 327 g/mol. The quantitative estimate of drug-likeness (QED) is 0.764. The average molecular weight is 328 g/mol. The molecular weight excluding hydrogens is 318 g/mol. The molecule has 0 spiro atoms. The molecule has 0 saturated carbocycles. The van der Waals surface area contributed by atoms with Gasteiger partial charge < -0.3 is 19.8 Å². The zero-order chi connectivity index (χ0) is 13.8. The van der Waals surface area contributed by atoms with Crippen molar-refractivity contribution in [1.29, 1.82) is 0 Å². The van der Waals surface area contributed by atoms with Crippen molar-refractivity contribution in [3.05, 3.63) is 40.8 Å². The first-order valence-corrected chi connectivity index (χ1v) is 6.11. The van der Waals surface area contributed by atoms with Gasteiger partial charge in [0.15, 0.2) is 4.67 Å². The second kappa shape index (κ2) is 5.70. The van der Waals surface area contributed by atoms with Crippen molar-refractivity contribution >= 4 is 27.8 Å². The molecule has 0 aliphatic rings. The van der Waals surface area contributed by atoms with Crippen molar-refractivity contribution < 1.29 is 19.1 Å². The van der Waals surface area contributed by atoms with E-state index in [-0.39, 0.29) is 16.7 Å². The minimum absolute atomic E-state index is 0.122. The Morgan fingerprint density at radius 2 is 2.37 bits per heavy atom. The summed E-state index contributed by atoms with van der Waals surface area (Å²) in [6.07, 6.45) is 4.42. The maximum atomic E-state index is 11.9. The van der Waals surface area contributed by atoms with E-state index in [0.29, 0.717) is 5.69 Å². The van der Waals surface area contributed by atoms with E-state index < -0.39 is 17.9 Å². The molecule has 0 saturated heterocycles. The lowest BCUT2D eigenvalue weighted by Gasteiger charge is -2.13. The minimum atomic E-state index is -1.12. The largest absolute Gasteiger partial charge is 0.480 e. The Bertz CT molecular complexity index is 579. The molecule has 0 aliphatic carbocycles. The molecular formula is C11H10BrN3O4. The highest BCUT2D eigenvalue weighted by molar-refractivity contribution is 9.10. The molecule has 7 nitrogen and oxygen atoms in total. The number of amides is 1. The van der Waals surface area contributed by atoms with Gasteiger partial charge in [0.25, 0.3) is 5.91 Å². The molecule has 0 aliphatic heterocycles. The van der Waals surface area contributed by atoms with Crippen LogP contribution in [-0.2, 0) is 11.2 Å². The summed E-state index contributed by atoms with van der Waals surface area (Å²) in [6, 6.07) is 0.406. The van der Waals surface area contributed by atoms with Crippen LogP contribution in [-0.4, -0.2) is 33.0 Å². The van der Waals surface area contributed by atoms with Gasteiger partial charge >= 0.3 is 5.97 Å². The summed E-state index contributed by atoms with van der Waals surface area (Å²) in [6.45, 7) is 0. The average Bonchev–Trinajstić information content (AvgIpc) is 2.99. The molecule has 100 valence electrons. The Labute approximate surface area is 116 Å². The fourth-order valence-corrected chi connectivity index (χ4v) is 1.93. The number of carbonyl (C=O) groups is 2. The fourth-order valence-electron chi connectivity index (χ4n) is 1.51. The van der Waals surface area contributed by atoms with Crippen LogP contribution in [0.4, 0.5) is 0 Å². The van der Waals surface area contributed by atoms with Crippen LogP contribution >= 0.6 is 15.9 Å². The Kier molecular flexibility index (Phi) is 4.00. The lowest BCUT2D eigenvalue weighted by Crippen LogP contribution is -2.42. The maximum Gasteiger partial charge on any atom is 0.326 e. The third-order valence-electron chi connectivity index (χ3n) is 2.44. The fraction of sp³-hybridized carbons (Fsp3) is 0.182. The van der Waals surface area contributed by atoms with E-state index in [1.165, 1.54) is 24.9 Å². The van der Waals surface area contributed by atoms with Crippen LogP contribution in [0.3, 0.4) is 0 Å². The molecule has 2 aromatic heterocycles. The van der Waals surface area contributed by atoms with E-state index in [0.717, 1.165) is 0 Å². The van der Waals surface area contributed by atoms with Gasteiger partial charge in [0, 0.05) is 18.3 Å². The summed E-state index contributed by atoms with van der Waals surface area (Å²) in [5, 5.41) is 11.5. The van der Waals surface area contributed by atoms with Gasteiger partial charge in [-0.3, -0.25) is 4.79 Å². The van der Waals surface area contributed by atoms with E-state index in [4.69, 9.17) is 9.52 Å². The van der Waals surface area contributed by atoms with Gasteiger partial charge in [-0.25, -0.2) is 9.78 Å². The number of halogens is 1. The van der Waals surface area contributed by atoms with Crippen LogP contribution in [0.2, 0.25) is 0 Å². The molecule has 2 rings (SSSR count). The van der Waals surface area contributed by atoms with Crippen LogP contribution in [0.5, 0.6) is 0 Å². The number of H-pyrrole nitrogens is 1. The third kappa shape index (κ3) is 3.22. The molecule has 0 radical (unpaired) electrons. The number of rotatable bonds is 5. The number of furan rings is 1. The molecule has 1 amide bonds. The summed E-state index contributed by atoms with van der Waals surface area (Å²) in [7, 11) is 0. The lowest BCUT2D eigenvalue weighted by atomic mass is 10.1. The van der Waals surface area contributed by atoms with Crippen LogP contribution in [0, 0.1) is 0 Å². The molecule has 19 heavy (non-hydrogen) atoms. The van der Waals surface area contributed by atoms with Gasteiger partial charge in [-0.15, -0.1) is 0 Å². The van der Waals surface area contributed by atoms with Crippen LogP contribution in [0.1, 0.15) is 16.1 Å². The van der Waals surface area contributed by atoms with Crippen molar-refractivity contribution in [3.8, 4) is 0 Å². The molecule has 2 heterocycles. The van der Waals surface area contributed by atoms with Gasteiger partial charge in [-0.05, 0) is 22.0 Å². The van der Waals surface area contributed by atoms with Gasteiger partial charge in [-0.1, -0.05) is 0 Å². The maximum absolute atomic E-state index is 11.9. The van der Waals surface area contributed by atoms with E-state index in [9.17, 15) is 9.59 Å². The number of carboxylic acid groups (broad SMARTS) is 1. The number of carboxylic acids is 1. The number of carbonyl (C=O) groups excluding carboxylic acids is 1. The predicted molar refractivity (Wildman–Crippen MR) is 67.6 cm³/mol. The van der Waals surface area contributed by atoms with E-state index in [2.05, 4.69) is 31.2 Å². The summed E-state index contributed by atoms with van der Waals surface area (Å²) < 4.78 is 5.19. The van der Waals surface area contributed by atoms with Gasteiger partial charge in [0.2, 0.25) is 0 Å². The Morgan fingerprint density at radius 1 is 1.58 bits per heavy atom. The molecule has 0 aromatic carbocycles. The molecule has 1 atom stereocenters. The summed E-state index contributed by atoms with van der Waals surface area (Å²) >= 11 is 3.06. The molecule has 2 aromatic rings. The van der Waals surface area contributed by atoms with Crippen molar-refractivity contribution in [3.63, 3.8) is 0 Å². The van der Waals surface area contributed by atoms with Gasteiger partial charge in [0.05, 0.1) is 18.2 Å². The Morgan fingerprint density at radius 3 is 2.89 bits per heavy atom. The summed E-state index contributed by atoms with van der Waals surface area (Å²) in [5.41, 5.74) is 0.870. The first-order chi connectivity index (χ1) is 9.08. The predicted octanol–water partition coefficient (Wildman–Crippen LogP) is 1.19. The topological polar surface area (TPSA) is 108 Å². The van der Waals surface area contributed by atoms with Crippen molar-refractivity contribution in [2.24, 2.45) is 0 Å². The molecule has 0 fully saturated rings. The van der Waals surface area contributed by atoms with E-state index in [1.54, 1.807) is 0 Å². The highest BCUT2D eigenvalue weighted by Gasteiger charge is 2.23. The SMILES string of the molecule is O=C(N[C@@H](Cc1cnc[nH]1)C(=O)O)c1ccoc1Br. The second-order valence-electron chi connectivity index (χ2n) is 3.75. The van der Waals surface area contributed by atoms with Crippen molar-refractivity contribution in [2.45, 2.75) is 12.5 Å². The number of nitrogens with zero attached hydrogens (tertiary/aromatic N) is 1. The van der Waals surface area contributed by atoms with E-state index >= 15 is 0 Å². The summed E-state index contributed by atoms with van der Waals surface area (Å²) in [5.74, 6) is -1.64. The minimum Gasteiger partial charge on any atom is -0.480 e. The first kappa shape index (κ1) is 13.3. The number of aromatic nitrogens is 2. The zero-order valence-corrected chi connectivity index (χ0v) is 11.2. The van der Waals surface area contributed by atoms with Crippen molar-refractivity contribution in [1.82, 2.24) is 15.3 Å². The number of imidazole rings is 1. The molecule has 8 heteroatoms. The third-order valence-corrected chi connectivity index (χ3v) is 3.06. The molecule has 0 unspecified atom stereocenters. The normalized spacial score (nSPS) is 12.1. The molecule has 3 N–H and O–H groups in total. The van der Waals surface area contributed by atoms with Gasteiger partial charge in [-0.2, -0.15) is 0 Å². The number of aliphatic carboxylic acids is 1. The van der Waals surface area contributed by atoms with Gasteiger partial charge in [0.1, 0.15) is 6.04 Å². The Balaban J connectivity index is 2.07.